The Morgan fingerprint density at radius 3 is 2.34 bits per heavy atom. The van der Waals surface area contributed by atoms with E-state index in [-0.39, 0.29) is 6.10 Å². The molecule has 0 aliphatic carbocycles. The number of hydrogen-bond donors (Lipinski definition) is 1. The number of pyridine rings is 1. The fraction of sp³-hybridized carbons (Fsp3) is 0.435. The lowest BCUT2D eigenvalue weighted by Gasteiger charge is -2.41. The summed E-state index contributed by atoms with van der Waals surface area (Å²) >= 11 is 0. The van der Waals surface area contributed by atoms with Crippen LogP contribution in [0, 0.1) is 0 Å². The molecule has 0 atom stereocenters. The van der Waals surface area contributed by atoms with Crippen molar-refractivity contribution >= 4 is 23.8 Å². The van der Waals surface area contributed by atoms with Crippen molar-refractivity contribution in [3.8, 4) is 0 Å². The van der Waals surface area contributed by atoms with E-state index in [9.17, 15) is 5.11 Å². The van der Waals surface area contributed by atoms with Gasteiger partial charge in [-0.3, -0.25) is 4.98 Å². The molecule has 0 unspecified atom stereocenters. The number of hydrogen-bond acceptors (Lipinski definition) is 6. The largest absolute Gasteiger partial charge is 0.393 e. The second-order valence-corrected chi connectivity index (χ2v) is 7.14. The van der Waals surface area contributed by atoms with Crippen LogP contribution in [0.4, 0.5) is 11.6 Å². The molecule has 2 fully saturated rings. The summed E-state index contributed by atoms with van der Waals surface area (Å²) in [6.07, 6.45) is 8.48. The Morgan fingerprint density at radius 2 is 1.69 bits per heavy atom. The van der Waals surface area contributed by atoms with Gasteiger partial charge in [-0.15, -0.1) is 0 Å². The van der Waals surface area contributed by atoms with E-state index in [0.717, 1.165) is 67.6 Å². The quantitative estimate of drug-likeness (QED) is 0.835. The third-order valence-electron chi connectivity index (χ3n) is 5.42. The molecule has 0 radical (unpaired) electrons. The lowest BCUT2D eigenvalue weighted by molar-refractivity contribution is 0.145. The van der Waals surface area contributed by atoms with Gasteiger partial charge >= 0.3 is 0 Å². The first kappa shape index (κ1) is 21.0. The maximum Gasteiger partial charge on any atom is 0.150 e. The van der Waals surface area contributed by atoms with Crippen LogP contribution in [-0.4, -0.2) is 52.3 Å². The van der Waals surface area contributed by atoms with Crippen LogP contribution in [0.2, 0.25) is 0 Å². The van der Waals surface area contributed by atoms with E-state index in [2.05, 4.69) is 32.9 Å². The minimum atomic E-state index is -0.191. The molecule has 6 nitrogen and oxygen atoms in total. The van der Waals surface area contributed by atoms with Gasteiger partial charge in [0, 0.05) is 44.5 Å². The van der Waals surface area contributed by atoms with Crippen LogP contribution in [0.1, 0.15) is 49.6 Å². The Balaban J connectivity index is 0.00000117. The van der Waals surface area contributed by atoms with Gasteiger partial charge in [0.1, 0.15) is 5.82 Å². The van der Waals surface area contributed by atoms with E-state index >= 15 is 0 Å². The zero-order chi connectivity index (χ0) is 20.8. The topological polar surface area (TPSA) is 65.4 Å². The molecule has 0 aromatic carbocycles. The zero-order valence-corrected chi connectivity index (χ0v) is 17.5. The summed E-state index contributed by atoms with van der Waals surface area (Å²) in [7, 11) is 0. The number of aliphatic hydroxyl groups is 1. The summed E-state index contributed by atoms with van der Waals surface area (Å²) in [5, 5.41) is 9.76. The molecular formula is C23H31N5O. The number of aliphatic hydroxyl groups excluding tert-OH is 1. The van der Waals surface area contributed by atoms with Gasteiger partial charge in [0.15, 0.2) is 5.82 Å². The van der Waals surface area contributed by atoms with Crippen LogP contribution in [0.3, 0.4) is 0 Å². The average molecular weight is 394 g/mol. The first-order valence-electron chi connectivity index (χ1n) is 10.4. The fourth-order valence-corrected chi connectivity index (χ4v) is 3.78. The lowest BCUT2D eigenvalue weighted by atomic mass is 9.94. The standard InChI is InChI=1S/C21H25N5O.C2H6/c1-3-15-5-6-19(24-18(15)4-2)26-13-16(14-26)20-21(23-10-9-22-20)25-11-7-17(27)8-12-25;1-2/h3-6,9-10,16-17,27H,1-2,7-8,11-14H2;1-2H3. The molecule has 0 saturated carbocycles. The molecule has 1 N–H and O–H groups in total. The molecule has 0 bridgehead atoms. The maximum absolute atomic E-state index is 9.76. The molecule has 6 heteroatoms. The third-order valence-corrected chi connectivity index (χ3v) is 5.42. The molecule has 2 aliphatic heterocycles. The Bertz CT molecular complexity index is 839. The molecule has 29 heavy (non-hydrogen) atoms. The van der Waals surface area contributed by atoms with Crippen molar-refractivity contribution in [3.63, 3.8) is 0 Å². The number of piperidine rings is 1. The molecule has 2 aliphatic rings. The smallest absolute Gasteiger partial charge is 0.150 e. The third kappa shape index (κ3) is 4.48. The molecule has 2 aromatic heterocycles. The van der Waals surface area contributed by atoms with Crippen molar-refractivity contribution < 1.29 is 5.11 Å². The predicted molar refractivity (Wildman–Crippen MR) is 120 cm³/mol. The van der Waals surface area contributed by atoms with Gasteiger partial charge in [0.2, 0.25) is 0 Å². The van der Waals surface area contributed by atoms with Crippen LogP contribution in [0.15, 0.2) is 37.7 Å². The van der Waals surface area contributed by atoms with Crippen molar-refractivity contribution in [1.82, 2.24) is 15.0 Å². The van der Waals surface area contributed by atoms with Gasteiger partial charge in [-0.05, 0) is 36.6 Å². The van der Waals surface area contributed by atoms with Gasteiger partial charge in [0.25, 0.3) is 0 Å². The van der Waals surface area contributed by atoms with Gasteiger partial charge < -0.3 is 14.9 Å². The zero-order valence-electron chi connectivity index (χ0n) is 17.5. The van der Waals surface area contributed by atoms with Crippen molar-refractivity contribution in [2.75, 3.05) is 36.0 Å². The van der Waals surface area contributed by atoms with Gasteiger partial charge in [-0.2, -0.15) is 0 Å². The van der Waals surface area contributed by atoms with Crippen LogP contribution in [-0.2, 0) is 0 Å². The number of rotatable bonds is 5. The molecule has 0 amide bonds. The highest BCUT2D eigenvalue weighted by Crippen LogP contribution is 2.34. The van der Waals surface area contributed by atoms with E-state index in [4.69, 9.17) is 4.98 Å². The Labute approximate surface area is 173 Å². The highest BCUT2D eigenvalue weighted by Gasteiger charge is 2.34. The number of nitrogens with zero attached hydrogens (tertiary/aromatic N) is 5. The van der Waals surface area contributed by atoms with E-state index < -0.39 is 0 Å². The molecule has 4 heterocycles. The van der Waals surface area contributed by atoms with Crippen LogP contribution < -0.4 is 9.80 Å². The SMILES string of the molecule is C=Cc1ccc(N2CC(c3nccnc3N3CCC(O)CC3)C2)nc1C=C.CC. The minimum Gasteiger partial charge on any atom is -0.393 e. The summed E-state index contributed by atoms with van der Waals surface area (Å²) in [5.74, 6) is 2.27. The van der Waals surface area contributed by atoms with E-state index in [1.54, 1.807) is 24.5 Å². The second-order valence-electron chi connectivity index (χ2n) is 7.14. The lowest BCUT2D eigenvalue weighted by Crippen LogP contribution is -2.47. The van der Waals surface area contributed by atoms with E-state index in [1.807, 2.05) is 26.0 Å². The van der Waals surface area contributed by atoms with Crippen molar-refractivity contribution in [3.05, 3.63) is 54.6 Å². The summed E-state index contributed by atoms with van der Waals surface area (Å²) < 4.78 is 0. The van der Waals surface area contributed by atoms with Crippen molar-refractivity contribution in [1.29, 1.82) is 0 Å². The number of aromatic nitrogens is 3. The molecule has 154 valence electrons. The summed E-state index contributed by atoms with van der Waals surface area (Å²) in [4.78, 5) is 18.4. The average Bonchev–Trinajstić information content (AvgIpc) is 2.75. The van der Waals surface area contributed by atoms with Gasteiger partial charge in [-0.1, -0.05) is 33.1 Å². The predicted octanol–water partition coefficient (Wildman–Crippen LogP) is 3.75. The van der Waals surface area contributed by atoms with Crippen molar-refractivity contribution in [2.45, 2.75) is 38.7 Å². The Kier molecular flexibility index (Phi) is 6.99. The molecule has 2 saturated heterocycles. The van der Waals surface area contributed by atoms with Crippen molar-refractivity contribution in [2.24, 2.45) is 0 Å². The summed E-state index contributed by atoms with van der Waals surface area (Å²) in [5.41, 5.74) is 2.91. The van der Waals surface area contributed by atoms with Crippen LogP contribution in [0.25, 0.3) is 12.2 Å². The maximum atomic E-state index is 9.76. The van der Waals surface area contributed by atoms with Gasteiger partial charge in [-0.25, -0.2) is 9.97 Å². The number of anilines is 2. The van der Waals surface area contributed by atoms with Crippen LogP contribution >= 0.6 is 0 Å². The highest BCUT2D eigenvalue weighted by molar-refractivity contribution is 5.63. The van der Waals surface area contributed by atoms with Crippen LogP contribution in [0.5, 0.6) is 0 Å². The summed E-state index contributed by atoms with van der Waals surface area (Å²) in [6.45, 7) is 15.1. The monoisotopic (exact) mass is 393 g/mol. The van der Waals surface area contributed by atoms with E-state index in [0.29, 0.717) is 5.92 Å². The molecule has 2 aromatic rings. The highest BCUT2D eigenvalue weighted by atomic mass is 16.3. The minimum absolute atomic E-state index is 0.191. The normalized spacial score (nSPS) is 17.2. The molecule has 0 spiro atoms. The molecular weight excluding hydrogens is 362 g/mol. The molecule has 4 rings (SSSR count). The Morgan fingerprint density at radius 1 is 1.00 bits per heavy atom. The Hall–Kier alpha value is -2.73. The first-order valence-corrected chi connectivity index (χ1v) is 10.4. The second kappa shape index (κ2) is 9.65. The van der Waals surface area contributed by atoms with E-state index in [1.165, 1.54) is 0 Å². The fourth-order valence-electron chi connectivity index (χ4n) is 3.78. The van der Waals surface area contributed by atoms with Gasteiger partial charge in [0.05, 0.1) is 17.5 Å². The first-order chi connectivity index (χ1) is 14.2. The summed E-state index contributed by atoms with van der Waals surface area (Å²) in [6, 6.07) is 4.07.